The third-order valence-corrected chi connectivity index (χ3v) is 5.03. The molecule has 0 saturated carbocycles. The van der Waals surface area contributed by atoms with Crippen LogP contribution in [0, 0.1) is 0 Å². The van der Waals surface area contributed by atoms with E-state index < -0.39 is 5.54 Å². The first-order valence-electron chi connectivity index (χ1n) is 7.74. The molecule has 1 aromatic carbocycles. The van der Waals surface area contributed by atoms with Crippen LogP contribution in [0.5, 0.6) is 0 Å². The standard InChI is InChI=1S/C17H22Cl2N2O2/c1-11(2)21-10-14(22)6-7-17(21,3)16(23)20-9-12-4-5-13(18)8-15(12)19/h4-5,8,11H,6-7,9-10H2,1-3H3,(H,20,23). The van der Waals surface area contributed by atoms with Crippen LogP contribution in [-0.4, -0.2) is 34.7 Å². The molecule has 23 heavy (non-hydrogen) atoms. The van der Waals surface area contributed by atoms with Crippen molar-refractivity contribution in [1.29, 1.82) is 0 Å². The smallest absolute Gasteiger partial charge is 0.240 e. The number of hydrogen-bond donors (Lipinski definition) is 1. The number of rotatable bonds is 4. The zero-order chi connectivity index (χ0) is 17.2. The van der Waals surface area contributed by atoms with Gasteiger partial charge in [-0.1, -0.05) is 29.3 Å². The number of benzene rings is 1. The maximum atomic E-state index is 12.8. The number of piperidine rings is 1. The fourth-order valence-corrected chi connectivity index (χ4v) is 3.47. The van der Waals surface area contributed by atoms with E-state index in [2.05, 4.69) is 5.32 Å². The van der Waals surface area contributed by atoms with Gasteiger partial charge in [0.2, 0.25) is 5.91 Å². The van der Waals surface area contributed by atoms with E-state index in [1.165, 1.54) is 0 Å². The zero-order valence-corrected chi connectivity index (χ0v) is 15.2. The van der Waals surface area contributed by atoms with Gasteiger partial charge in [-0.05, 0) is 44.9 Å². The quantitative estimate of drug-likeness (QED) is 0.898. The summed E-state index contributed by atoms with van der Waals surface area (Å²) in [7, 11) is 0. The van der Waals surface area contributed by atoms with E-state index >= 15 is 0 Å². The molecule has 1 aliphatic heterocycles. The minimum atomic E-state index is -0.680. The molecule has 1 saturated heterocycles. The van der Waals surface area contributed by atoms with Crippen molar-refractivity contribution in [3.05, 3.63) is 33.8 Å². The lowest BCUT2D eigenvalue weighted by atomic mass is 9.85. The highest BCUT2D eigenvalue weighted by molar-refractivity contribution is 6.35. The molecule has 2 rings (SSSR count). The van der Waals surface area contributed by atoms with Crippen molar-refractivity contribution in [3.63, 3.8) is 0 Å². The average molecular weight is 357 g/mol. The molecule has 1 unspecified atom stereocenters. The fraction of sp³-hybridized carbons (Fsp3) is 0.529. The second-order valence-corrected chi connectivity index (χ2v) is 7.30. The third-order valence-electron chi connectivity index (χ3n) is 4.44. The number of hydrogen-bond acceptors (Lipinski definition) is 3. The van der Waals surface area contributed by atoms with Gasteiger partial charge in [0.15, 0.2) is 0 Å². The van der Waals surface area contributed by atoms with Gasteiger partial charge in [0.25, 0.3) is 0 Å². The van der Waals surface area contributed by atoms with E-state index in [9.17, 15) is 9.59 Å². The Hall–Kier alpha value is -1.10. The summed E-state index contributed by atoms with van der Waals surface area (Å²) >= 11 is 12.0. The molecule has 1 atom stereocenters. The van der Waals surface area contributed by atoms with Crippen LogP contribution in [0.3, 0.4) is 0 Å². The molecule has 1 aliphatic rings. The van der Waals surface area contributed by atoms with E-state index in [1.54, 1.807) is 18.2 Å². The Bertz CT molecular complexity index is 619. The largest absolute Gasteiger partial charge is 0.350 e. The predicted molar refractivity (Wildman–Crippen MR) is 92.8 cm³/mol. The monoisotopic (exact) mass is 356 g/mol. The molecule has 1 heterocycles. The average Bonchev–Trinajstić information content (AvgIpc) is 2.48. The second-order valence-electron chi connectivity index (χ2n) is 6.45. The van der Waals surface area contributed by atoms with Crippen LogP contribution in [0.2, 0.25) is 10.0 Å². The zero-order valence-electron chi connectivity index (χ0n) is 13.7. The minimum Gasteiger partial charge on any atom is -0.350 e. The van der Waals surface area contributed by atoms with Gasteiger partial charge >= 0.3 is 0 Å². The maximum Gasteiger partial charge on any atom is 0.240 e. The lowest BCUT2D eigenvalue weighted by Gasteiger charge is -2.45. The molecule has 1 amide bonds. The first kappa shape index (κ1) is 18.2. The van der Waals surface area contributed by atoms with Gasteiger partial charge in [-0.25, -0.2) is 0 Å². The molecule has 0 aromatic heterocycles. The topological polar surface area (TPSA) is 49.4 Å². The van der Waals surface area contributed by atoms with E-state index in [4.69, 9.17) is 23.2 Å². The van der Waals surface area contributed by atoms with Gasteiger partial charge in [-0.3, -0.25) is 14.5 Å². The summed E-state index contributed by atoms with van der Waals surface area (Å²) < 4.78 is 0. The summed E-state index contributed by atoms with van der Waals surface area (Å²) in [5.74, 6) is 0.106. The number of nitrogens with zero attached hydrogens (tertiary/aromatic N) is 1. The number of Topliss-reactive ketones (excluding diaryl/α,β-unsaturated/α-hetero) is 1. The molecule has 0 radical (unpaired) electrons. The molecule has 1 fully saturated rings. The normalized spacial score (nSPS) is 22.4. The van der Waals surface area contributed by atoms with E-state index in [1.807, 2.05) is 25.7 Å². The fourth-order valence-electron chi connectivity index (χ4n) is 3.00. The third kappa shape index (κ3) is 4.06. The van der Waals surface area contributed by atoms with Crippen LogP contribution >= 0.6 is 23.2 Å². The van der Waals surface area contributed by atoms with Gasteiger partial charge < -0.3 is 5.32 Å². The number of likely N-dealkylation sites (tertiary alicyclic amines) is 1. The van der Waals surface area contributed by atoms with Crippen molar-refractivity contribution < 1.29 is 9.59 Å². The van der Waals surface area contributed by atoms with E-state index in [0.29, 0.717) is 36.0 Å². The lowest BCUT2D eigenvalue weighted by molar-refractivity contribution is -0.141. The Morgan fingerprint density at radius 1 is 1.39 bits per heavy atom. The SMILES string of the molecule is CC(C)N1CC(=O)CCC1(C)C(=O)NCc1ccc(Cl)cc1Cl. The number of ketones is 1. The summed E-state index contributed by atoms with van der Waals surface area (Å²) in [6.45, 7) is 6.56. The summed E-state index contributed by atoms with van der Waals surface area (Å²) in [6, 6.07) is 5.33. The molecule has 4 nitrogen and oxygen atoms in total. The lowest BCUT2D eigenvalue weighted by Crippen LogP contribution is -2.62. The molecule has 126 valence electrons. The van der Waals surface area contributed by atoms with Gasteiger partial charge in [0.1, 0.15) is 5.78 Å². The van der Waals surface area contributed by atoms with Crippen LogP contribution in [0.1, 0.15) is 39.2 Å². The van der Waals surface area contributed by atoms with Crippen molar-refractivity contribution in [2.24, 2.45) is 0 Å². The van der Waals surface area contributed by atoms with Crippen molar-refractivity contribution in [2.75, 3.05) is 6.54 Å². The van der Waals surface area contributed by atoms with Crippen molar-refractivity contribution in [3.8, 4) is 0 Å². The van der Waals surface area contributed by atoms with Gasteiger partial charge in [0, 0.05) is 29.1 Å². The van der Waals surface area contributed by atoms with Gasteiger partial charge in [0.05, 0.1) is 12.1 Å². The minimum absolute atomic E-state index is 0.0790. The number of halogens is 2. The number of amides is 1. The molecule has 6 heteroatoms. The Morgan fingerprint density at radius 3 is 2.70 bits per heavy atom. The maximum absolute atomic E-state index is 12.8. The van der Waals surface area contributed by atoms with Crippen molar-refractivity contribution in [1.82, 2.24) is 10.2 Å². The van der Waals surface area contributed by atoms with Crippen LogP contribution < -0.4 is 5.32 Å². The first-order valence-corrected chi connectivity index (χ1v) is 8.50. The molecular weight excluding hydrogens is 335 g/mol. The van der Waals surface area contributed by atoms with Crippen molar-refractivity contribution in [2.45, 2.75) is 51.7 Å². The van der Waals surface area contributed by atoms with Crippen LogP contribution in [0.4, 0.5) is 0 Å². The van der Waals surface area contributed by atoms with E-state index in [0.717, 1.165) is 5.56 Å². The molecule has 0 bridgehead atoms. The van der Waals surface area contributed by atoms with E-state index in [-0.39, 0.29) is 17.7 Å². The molecule has 1 N–H and O–H groups in total. The number of carbonyl (C=O) groups excluding carboxylic acids is 2. The number of carbonyl (C=O) groups is 2. The van der Waals surface area contributed by atoms with Gasteiger partial charge in [-0.2, -0.15) is 0 Å². The molecular formula is C17H22Cl2N2O2. The Kier molecular flexibility index (Phi) is 5.71. The summed E-state index contributed by atoms with van der Waals surface area (Å²) in [5, 5.41) is 4.04. The summed E-state index contributed by atoms with van der Waals surface area (Å²) in [4.78, 5) is 26.5. The Morgan fingerprint density at radius 2 is 2.09 bits per heavy atom. The first-order chi connectivity index (χ1) is 10.7. The summed E-state index contributed by atoms with van der Waals surface area (Å²) in [5.41, 5.74) is 0.136. The van der Waals surface area contributed by atoms with Crippen LogP contribution in [0.15, 0.2) is 18.2 Å². The highest BCUT2D eigenvalue weighted by Crippen LogP contribution is 2.29. The highest BCUT2D eigenvalue weighted by atomic mass is 35.5. The highest BCUT2D eigenvalue weighted by Gasteiger charge is 2.44. The Balaban J connectivity index is 2.10. The van der Waals surface area contributed by atoms with Crippen molar-refractivity contribution >= 4 is 34.9 Å². The molecule has 1 aromatic rings. The van der Waals surface area contributed by atoms with Crippen LogP contribution in [-0.2, 0) is 16.1 Å². The summed E-state index contributed by atoms with van der Waals surface area (Å²) in [6.07, 6.45) is 0.971. The number of nitrogens with one attached hydrogen (secondary N) is 1. The molecule has 0 aliphatic carbocycles. The second kappa shape index (κ2) is 7.20. The van der Waals surface area contributed by atoms with Gasteiger partial charge in [-0.15, -0.1) is 0 Å². The Labute approximate surface area is 147 Å². The molecule has 0 spiro atoms. The predicted octanol–water partition coefficient (Wildman–Crippen LogP) is 3.44. The van der Waals surface area contributed by atoms with Crippen LogP contribution in [0.25, 0.3) is 0 Å².